The van der Waals surface area contributed by atoms with Crippen LogP contribution in [-0.2, 0) is 0 Å². The van der Waals surface area contributed by atoms with Crippen LogP contribution in [0.5, 0.6) is 0 Å². The van der Waals surface area contributed by atoms with Gasteiger partial charge in [0.1, 0.15) is 6.10 Å². The van der Waals surface area contributed by atoms with Crippen molar-refractivity contribution in [2.24, 2.45) is 0 Å². The number of rotatable bonds is 4. The van der Waals surface area contributed by atoms with E-state index in [1.165, 1.54) is 11.3 Å². The van der Waals surface area contributed by atoms with Crippen molar-refractivity contribution < 1.29 is 9.90 Å². The van der Waals surface area contributed by atoms with Crippen molar-refractivity contribution in [3.63, 3.8) is 0 Å². The normalized spacial score (nSPS) is 12.8. The largest absolute Gasteiger partial charge is 0.385 e. The molecule has 1 heterocycles. The van der Waals surface area contributed by atoms with Gasteiger partial charge in [-0.25, -0.2) is 0 Å². The Morgan fingerprint density at radius 1 is 1.69 bits per heavy atom. The maximum absolute atomic E-state index is 11.6. The van der Waals surface area contributed by atoms with E-state index in [9.17, 15) is 9.90 Å². The first-order valence-electron chi connectivity index (χ1n) is 4.43. The van der Waals surface area contributed by atoms with Gasteiger partial charge in [0.05, 0.1) is 0 Å². The highest BCUT2D eigenvalue weighted by Crippen LogP contribution is 2.17. The quantitative estimate of drug-likeness (QED) is 0.754. The second kappa shape index (κ2) is 4.53. The van der Waals surface area contributed by atoms with Gasteiger partial charge in [0.15, 0.2) is 5.78 Å². The molecule has 0 saturated carbocycles. The Kier molecular flexibility index (Phi) is 3.63. The SMILES string of the molecule is CCCC(O)C(=O)c1ccsc1C. The van der Waals surface area contributed by atoms with Gasteiger partial charge in [-0.05, 0) is 24.8 Å². The van der Waals surface area contributed by atoms with Gasteiger partial charge in [0.2, 0.25) is 0 Å². The fourth-order valence-electron chi connectivity index (χ4n) is 1.22. The second-order valence-corrected chi connectivity index (χ2v) is 4.18. The van der Waals surface area contributed by atoms with E-state index in [0.29, 0.717) is 12.0 Å². The topological polar surface area (TPSA) is 37.3 Å². The highest BCUT2D eigenvalue weighted by Gasteiger charge is 2.18. The van der Waals surface area contributed by atoms with Crippen LogP contribution in [0, 0.1) is 6.92 Å². The first-order chi connectivity index (χ1) is 6.16. The zero-order chi connectivity index (χ0) is 9.84. The smallest absolute Gasteiger partial charge is 0.192 e. The van der Waals surface area contributed by atoms with Crippen molar-refractivity contribution in [2.75, 3.05) is 0 Å². The predicted octanol–water partition coefficient (Wildman–Crippen LogP) is 2.40. The number of hydrogen-bond acceptors (Lipinski definition) is 3. The molecule has 13 heavy (non-hydrogen) atoms. The molecule has 0 saturated heterocycles. The molecule has 72 valence electrons. The first-order valence-corrected chi connectivity index (χ1v) is 5.31. The number of thiophene rings is 1. The zero-order valence-electron chi connectivity index (χ0n) is 7.91. The van der Waals surface area contributed by atoms with E-state index in [1.54, 1.807) is 6.07 Å². The summed E-state index contributed by atoms with van der Waals surface area (Å²) in [5.74, 6) is -0.138. The average molecular weight is 198 g/mol. The number of aliphatic hydroxyl groups is 1. The van der Waals surface area contributed by atoms with Crippen molar-refractivity contribution in [3.05, 3.63) is 21.9 Å². The van der Waals surface area contributed by atoms with Crippen LogP contribution < -0.4 is 0 Å². The van der Waals surface area contributed by atoms with E-state index in [4.69, 9.17) is 0 Å². The minimum Gasteiger partial charge on any atom is -0.385 e. The number of carbonyl (C=O) groups excluding carboxylic acids is 1. The van der Waals surface area contributed by atoms with Gasteiger partial charge < -0.3 is 5.11 Å². The van der Waals surface area contributed by atoms with Crippen LogP contribution in [0.1, 0.15) is 35.0 Å². The van der Waals surface area contributed by atoms with Gasteiger partial charge >= 0.3 is 0 Å². The highest BCUT2D eigenvalue weighted by atomic mass is 32.1. The molecule has 2 nitrogen and oxygen atoms in total. The van der Waals surface area contributed by atoms with Crippen LogP contribution in [0.2, 0.25) is 0 Å². The molecule has 0 aromatic carbocycles. The Morgan fingerprint density at radius 2 is 2.38 bits per heavy atom. The van der Waals surface area contributed by atoms with Gasteiger partial charge in [0.25, 0.3) is 0 Å². The maximum Gasteiger partial charge on any atom is 0.192 e. The van der Waals surface area contributed by atoms with Gasteiger partial charge in [-0.15, -0.1) is 11.3 Å². The summed E-state index contributed by atoms with van der Waals surface area (Å²) in [6.45, 7) is 3.85. The fraction of sp³-hybridized carbons (Fsp3) is 0.500. The molecule has 1 aromatic heterocycles. The lowest BCUT2D eigenvalue weighted by Gasteiger charge is -2.06. The average Bonchev–Trinajstić information content (AvgIpc) is 2.50. The zero-order valence-corrected chi connectivity index (χ0v) is 8.73. The Labute approximate surface area is 82.2 Å². The fourth-order valence-corrected chi connectivity index (χ4v) is 1.93. The molecule has 1 N–H and O–H groups in total. The van der Waals surface area contributed by atoms with E-state index < -0.39 is 6.10 Å². The van der Waals surface area contributed by atoms with E-state index in [2.05, 4.69) is 0 Å². The number of hydrogen-bond donors (Lipinski definition) is 1. The summed E-state index contributed by atoms with van der Waals surface area (Å²) in [6, 6.07) is 1.78. The summed E-state index contributed by atoms with van der Waals surface area (Å²) < 4.78 is 0. The predicted molar refractivity (Wildman–Crippen MR) is 54.3 cm³/mol. The van der Waals surface area contributed by atoms with Crippen LogP contribution in [0.4, 0.5) is 0 Å². The van der Waals surface area contributed by atoms with Crippen molar-refractivity contribution in [1.82, 2.24) is 0 Å². The summed E-state index contributed by atoms with van der Waals surface area (Å²) >= 11 is 1.54. The Morgan fingerprint density at radius 3 is 2.85 bits per heavy atom. The van der Waals surface area contributed by atoms with Gasteiger partial charge in [0, 0.05) is 10.4 Å². The third-order valence-electron chi connectivity index (χ3n) is 1.99. The van der Waals surface area contributed by atoms with Gasteiger partial charge in [-0.1, -0.05) is 13.3 Å². The van der Waals surface area contributed by atoms with Gasteiger partial charge in [-0.2, -0.15) is 0 Å². The maximum atomic E-state index is 11.6. The monoisotopic (exact) mass is 198 g/mol. The lowest BCUT2D eigenvalue weighted by molar-refractivity contribution is 0.0729. The minimum absolute atomic E-state index is 0.138. The van der Waals surface area contributed by atoms with Crippen LogP contribution in [0.15, 0.2) is 11.4 Å². The first kappa shape index (κ1) is 10.4. The molecule has 3 heteroatoms. The van der Waals surface area contributed by atoms with Crippen LogP contribution in [-0.4, -0.2) is 17.0 Å². The third kappa shape index (κ3) is 2.39. The Bertz CT molecular complexity index is 291. The summed E-state index contributed by atoms with van der Waals surface area (Å²) in [4.78, 5) is 12.6. The molecule has 0 spiro atoms. The number of Topliss-reactive ketones (excluding diaryl/α,β-unsaturated/α-hetero) is 1. The summed E-state index contributed by atoms with van der Waals surface area (Å²) in [5.41, 5.74) is 0.672. The van der Waals surface area contributed by atoms with Gasteiger partial charge in [-0.3, -0.25) is 4.79 Å². The molecule has 0 bridgehead atoms. The summed E-state index contributed by atoms with van der Waals surface area (Å²) in [7, 11) is 0. The van der Waals surface area contributed by atoms with Crippen molar-refractivity contribution in [2.45, 2.75) is 32.8 Å². The molecule has 1 unspecified atom stereocenters. The van der Waals surface area contributed by atoms with E-state index >= 15 is 0 Å². The molecule has 0 aliphatic rings. The van der Waals surface area contributed by atoms with Crippen molar-refractivity contribution >= 4 is 17.1 Å². The Balaban J connectivity index is 2.73. The van der Waals surface area contributed by atoms with E-state index in [1.807, 2.05) is 19.2 Å². The summed E-state index contributed by atoms with van der Waals surface area (Å²) in [5, 5.41) is 11.3. The van der Waals surface area contributed by atoms with E-state index in [0.717, 1.165) is 11.3 Å². The molecule has 1 atom stereocenters. The molecule has 0 aliphatic heterocycles. The number of carbonyl (C=O) groups is 1. The third-order valence-corrected chi connectivity index (χ3v) is 2.83. The molecular formula is C10H14O2S. The van der Waals surface area contributed by atoms with Crippen LogP contribution in [0.3, 0.4) is 0 Å². The number of aryl methyl sites for hydroxylation is 1. The molecule has 0 radical (unpaired) electrons. The molecule has 1 aromatic rings. The highest BCUT2D eigenvalue weighted by molar-refractivity contribution is 7.10. The standard InChI is InChI=1S/C10H14O2S/c1-3-4-9(11)10(12)8-5-6-13-7(8)2/h5-6,9,11H,3-4H2,1-2H3. The molecule has 0 amide bonds. The second-order valence-electron chi connectivity index (χ2n) is 3.06. The lowest BCUT2D eigenvalue weighted by atomic mass is 10.0. The Hall–Kier alpha value is -0.670. The number of ketones is 1. The van der Waals surface area contributed by atoms with E-state index in [-0.39, 0.29) is 5.78 Å². The van der Waals surface area contributed by atoms with Crippen molar-refractivity contribution in [1.29, 1.82) is 0 Å². The van der Waals surface area contributed by atoms with Crippen molar-refractivity contribution in [3.8, 4) is 0 Å². The molecule has 0 aliphatic carbocycles. The van der Waals surface area contributed by atoms with Crippen LogP contribution in [0.25, 0.3) is 0 Å². The molecular weight excluding hydrogens is 184 g/mol. The molecule has 1 rings (SSSR count). The minimum atomic E-state index is -0.821. The lowest BCUT2D eigenvalue weighted by Crippen LogP contribution is -2.20. The summed E-state index contributed by atoms with van der Waals surface area (Å²) in [6.07, 6.45) is 0.558. The number of aliphatic hydroxyl groups excluding tert-OH is 1. The molecule has 0 fully saturated rings. The van der Waals surface area contributed by atoms with Crippen LogP contribution >= 0.6 is 11.3 Å².